The van der Waals surface area contributed by atoms with E-state index in [-0.39, 0.29) is 12.5 Å². The zero-order valence-electron chi connectivity index (χ0n) is 13.9. The minimum Gasteiger partial charge on any atom is -0.395 e. The number of carbonyl (C=O) groups excluding carboxylic acids is 1. The highest BCUT2D eigenvalue weighted by Gasteiger charge is 2.14. The van der Waals surface area contributed by atoms with Gasteiger partial charge in [-0.25, -0.2) is 9.97 Å². The third kappa shape index (κ3) is 4.36. The second-order valence-electron chi connectivity index (χ2n) is 5.55. The van der Waals surface area contributed by atoms with Crippen molar-refractivity contribution >= 4 is 39.2 Å². The molecule has 25 heavy (non-hydrogen) atoms. The topological polar surface area (TPSA) is 75.1 Å². The van der Waals surface area contributed by atoms with Gasteiger partial charge in [0.05, 0.1) is 12.0 Å². The predicted molar refractivity (Wildman–Crippen MR) is 103 cm³/mol. The standard InChI is InChI=1S/C18H19N3O2S2/c1-12-2-4-13(5-3-12)14-10-25-18-16(14)17(20-11-21-18)24-9-6-15(23)19-7-8-22/h2-5,10-11,22H,6-9H2,1H3,(H,19,23). The van der Waals surface area contributed by atoms with Crippen LogP contribution in [0.4, 0.5) is 0 Å². The molecule has 0 aliphatic rings. The van der Waals surface area contributed by atoms with E-state index in [1.54, 1.807) is 29.4 Å². The summed E-state index contributed by atoms with van der Waals surface area (Å²) < 4.78 is 0. The molecule has 1 amide bonds. The lowest BCUT2D eigenvalue weighted by Gasteiger charge is -2.06. The van der Waals surface area contributed by atoms with Gasteiger partial charge in [-0.2, -0.15) is 0 Å². The van der Waals surface area contributed by atoms with Gasteiger partial charge in [0.1, 0.15) is 16.2 Å². The van der Waals surface area contributed by atoms with Crippen LogP contribution in [-0.4, -0.2) is 39.9 Å². The number of aromatic nitrogens is 2. The number of benzene rings is 1. The second-order valence-corrected chi connectivity index (χ2v) is 7.49. The lowest BCUT2D eigenvalue weighted by Crippen LogP contribution is -2.26. The molecule has 0 aliphatic heterocycles. The van der Waals surface area contributed by atoms with Gasteiger partial charge in [-0.3, -0.25) is 4.79 Å². The summed E-state index contributed by atoms with van der Waals surface area (Å²) in [4.78, 5) is 21.4. The van der Waals surface area contributed by atoms with Gasteiger partial charge < -0.3 is 10.4 Å². The van der Waals surface area contributed by atoms with Crippen molar-refractivity contribution in [1.29, 1.82) is 0 Å². The highest BCUT2D eigenvalue weighted by Crippen LogP contribution is 2.37. The van der Waals surface area contributed by atoms with E-state index in [2.05, 4.69) is 51.9 Å². The van der Waals surface area contributed by atoms with E-state index >= 15 is 0 Å². The maximum absolute atomic E-state index is 11.7. The van der Waals surface area contributed by atoms with E-state index in [1.807, 2.05) is 0 Å². The summed E-state index contributed by atoms with van der Waals surface area (Å²) in [5.74, 6) is 0.572. The van der Waals surface area contributed by atoms with Crippen molar-refractivity contribution in [2.45, 2.75) is 18.4 Å². The van der Waals surface area contributed by atoms with Gasteiger partial charge in [-0.15, -0.1) is 23.1 Å². The molecule has 130 valence electrons. The fourth-order valence-electron chi connectivity index (χ4n) is 2.43. The van der Waals surface area contributed by atoms with Crippen molar-refractivity contribution in [3.05, 3.63) is 41.5 Å². The molecule has 0 aliphatic carbocycles. The minimum atomic E-state index is -0.0593. The number of aryl methyl sites for hydroxylation is 1. The van der Waals surface area contributed by atoms with Gasteiger partial charge in [0.2, 0.25) is 5.91 Å². The molecule has 2 heterocycles. The third-order valence-electron chi connectivity index (χ3n) is 3.70. The average Bonchev–Trinajstić information content (AvgIpc) is 3.05. The number of aliphatic hydroxyl groups excluding tert-OH is 1. The van der Waals surface area contributed by atoms with E-state index in [9.17, 15) is 4.79 Å². The van der Waals surface area contributed by atoms with Crippen LogP contribution in [0.1, 0.15) is 12.0 Å². The summed E-state index contributed by atoms with van der Waals surface area (Å²) in [7, 11) is 0. The van der Waals surface area contributed by atoms with Gasteiger partial charge in [0, 0.05) is 29.7 Å². The number of fused-ring (bicyclic) bond motifs is 1. The quantitative estimate of drug-likeness (QED) is 0.491. The van der Waals surface area contributed by atoms with Crippen LogP contribution in [0.3, 0.4) is 0 Å². The van der Waals surface area contributed by atoms with Crippen molar-refractivity contribution < 1.29 is 9.90 Å². The molecule has 0 radical (unpaired) electrons. The molecule has 0 bridgehead atoms. The lowest BCUT2D eigenvalue weighted by molar-refractivity contribution is -0.120. The van der Waals surface area contributed by atoms with Crippen molar-refractivity contribution in [1.82, 2.24) is 15.3 Å². The fraction of sp³-hybridized carbons (Fsp3) is 0.278. The van der Waals surface area contributed by atoms with Crippen LogP contribution < -0.4 is 5.32 Å². The molecule has 0 unspecified atom stereocenters. The predicted octanol–water partition coefficient (Wildman–Crippen LogP) is 3.26. The van der Waals surface area contributed by atoms with Gasteiger partial charge in [0.15, 0.2) is 0 Å². The Morgan fingerprint density at radius 2 is 2.08 bits per heavy atom. The Morgan fingerprint density at radius 3 is 2.84 bits per heavy atom. The minimum absolute atomic E-state index is 0.0414. The first kappa shape index (κ1) is 17.8. The van der Waals surface area contributed by atoms with E-state index in [4.69, 9.17) is 5.11 Å². The van der Waals surface area contributed by atoms with Crippen LogP contribution in [0, 0.1) is 6.92 Å². The maximum atomic E-state index is 11.7. The van der Waals surface area contributed by atoms with Crippen LogP contribution in [0.25, 0.3) is 21.3 Å². The smallest absolute Gasteiger partial charge is 0.220 e. The summed E-state index contributed by atoms with van der Waals surface area (Å²) in [5, 5.41) is 15.5. The monoisotopic (exact) mass is 373 g/mol. The van der Waals surface area contributed by atoms with Crippen molar-refractivity contribution in [3.8, 4) is 11.1 Å². The highest BCUT2D eigenvalue weighted by atomic mass is 32.2. The summed E-state index contributed by atoms with van der Waals surface area (Å²) in [6, 6.07) is 8.42. The molecular formula is C18H19N3O2S2. The van der Waals surface area contributed by atoms with Crippen molar-refractivity contribution in [3.63, 3.8) is 0 Å². The van der Waals surface area contributed by atoms with Crippen LogP contribution >= 0.6 is 23.1 Å². The Labute approximate surface area is 154 Å². The van der Waals surface area contributed by atoms with Crippen LogP contribution in [0.2, 0.25) is 0 Å². The van der Waals surface area contributed by atoms with Gasteiger partial charge in [-0.05, 0) is 12.5 Å². The number of hydrogen-bond acceptors (Lipinski definition) is 6. The molecule has 2 N–H and O–H groups in total. The van der Waals surface area contributed by atoms with Gasteiger partial charge in [0.25, 0.3) is 0 Å². The van der Waals surface area contributed by atoms with Gasteiger partial charge >= 0.3 is 0 Å². The molecule has 5 nitrogen and oxygen atoms in total. The molecular weight excluding hydrogens is 354 g/mol. The molecule has 0 spiro atoms. The Kier molecular flexibility index (Phi) is 6.01. The Balaban J connectivity index is 1.80. The summed E-state index contributed by atoms with van der Waals surface area (Å²) in [5.41, 5.74) is 3.50. The van der Waals surface area contributed by atoms with Gasteiger partial charge in [-0.1, -0.05) is 29.8 Å². The molecule has 7 heteroatoms. The molecule has 2 aromatic heterocycles. The average molecular weight is 374 g/mol. The summed E-state index contributed by atoms with van der Waals surface area (Å²) in [6.45, 7) is 2.32. The van der Waals surface area contributed by atoms with Crippen molar-refractivity contribution in [2.75, 3.05) is 18.9 Å². The maximum Gasteiger partial charge on any atom is 0.220 e. The third-order valence-corrected chi connectivity index (χ3v) is 5.58. The molecule has 1 aromatic carbocycles. The molecule has 0 saturated carbocycles. The number of nitrogens with zero attached hydrogens (tertiary/aromatic N) is 2. The van der Waals surface area contributed by atoms with Crippen molar-refractivity contribution in [2.24, 2.45) is 0 Å². The number of carbonyl (C=O) groups is 1. The Morgan fingerprint density at radius 1 is 1.28 bits per heavy atom. The second kappa shape index (κ2) is 8.42. The van der Waals surface area contributed by atoms with Crippen LogP contribution in [0.15, 0.2) is 41.0 Å². The number of hydrogen-bond donors (Lipinski definition) is 2. The fourth-order valence-corrected chi connectivity index (χ4v) is 4.36. The molecule has 3 rings (SSSR count). The first-order valence-corrected chi connectivity index (χ1v) is 9.85. The number of amides is 1. The molecule has 0 saturated heterocycles. The Hall–Kier alpha value is -1.96. The molecule has 0 fully saturated rings. The zero-order valence-corrected chi connectivity index (χ0v) is 15.5. The first-order valence-electron chi connectivity index (χ1n) is 7.98. The highest BCUT2D eigenvalue weighted by molar-refractivity contribution is 7.99. The number of thiophene rings is 1. The largest absolute Gasteiger partial charge is 0.395 e. The summed E-state index contributed by atoms with van der Waals surface area (Å²) in [6.07, 6.45) is 1.96. The van der Waals surface area contributed by atoms with Crippen LogP contribution in [-0.2, 0) is 4.79 Å². The van der Waals surface area contributed by atoms with Crippen LogP contribution in [0.5, 0.6) is 0 Å². The first-order chi connectivity index (χ1) is 12.2. The number of nitrogens with one attached hydrogen (secondary N) is 1. The molecule has 3 aromatic rings. The van der Waals surface area contributed by atoms with E-state index in [1.165, 1.54) is 5.56 Å². The number of aliphatic hydroxyl groups is 1. The SMILES string of the molecule is Cc1ccc(-c2csc3ncnc(SCCC(=O)NCCO)c23)cc1. The lowest BCUT2D eigenvalue weighted by atomic mass is 10.1. The number of rotatable bonds is 7. The normalized spacial score (nSPS) is 11.0. The van der Waals surface area contributed by atoms with E-state index < -0.39 is 0 Å². The van der Waals surface area contributed by atoms with E-state index in [0.29, 0.717) is 18.7 Å². The number of thioether (sulfide) groups is 1. The Bertz CT molecular complexity index is 862. The van der Waals surface area contributed by atoms with E-state index in [0.717, 1.165) is 26.4 Å². The zero-order chi connectivity index (χ0) is 17.6. The summed E-state index contributed by atoms with van der Waals surface area (Å²) >= 11 is 3.17. The molecule has 0 atom stereocenters.